The summed E-state index contributed by atoms with van der Waals surface area (Å²) in [5, 5.41) is 6.56. The quantitative estimate of drug-likeness (QED) is 0.382. The maximum absolute atomic E-state index is 16.0. The van der Waals surface area contributed by atoms with Crippen LogP contribution in [0.4, 0.5) is 9.18 Å². The zero-order valence-electron chi connectivity index (χ0n) is 20.4. The normalized spacial score (nSPS) is 29.2. The maximum atomic E-state index is 16.0. The Kier molecular flexibility index (Phi) is 7.94. The summed E-state index contributed by atoms with van der Waals surface area (Å²) in [6.07, 6.45) is -0.846. The highest BCUT2D eigenvalue weighted by Gasteiger charge is 2.86. The standard InChI is InChI=1S/C24H31Cl2FN2O6/c1-6-33-19(30)23(27)14-11-17(28-12-13-8-9-15(25)16(26)10-13)24(18(14)23,20(31)34-7-2)29-21(32)35-22(3,4)5/h8-10,14,17-18,28H,6-7,11-12H2,1-5H3,(H,29,32)/t14?,17-,18+,23-,24+/m1/s1. The van der Waals surface area contributed by atoms with E-state index in [2.05, 4.69) is 10.6 Å². The van der Waals surface area contributed by atoms with Crippen molar-refractivity contribution in [3.05, 3.63) is 33.8 Å². The molecule has 3 rings (SSSR count). The van der Waals surface area contributed by atoms with Gasteiger partial charge in [0.1, 0.15) is 5.60 Å². The topological polar surface area (TPSA) is 103 Å². The number of alkyl halides is 1. The van der Waals surface area contributed by atoms with Crippen LogP contribution in [0.25, 0.3) is 0 Å². The molecule has 0 aliphatic heterocycles. The van der Waals surface area contributed by atoms with Crippen molar-refractivity contribution in [2.24, 2.45) is 11.8 Å². The first-order valence-electron chi connectivity index (χ1n) is 11.5. The Bertz CT molecular complexity index is 1000. The number of carbonyl (C=O) groups excluding carboxylic acids is 3. The fourth-order valence-corrected chi connectivity index (χ4v) is 5.22. The highest BCUT2D eigenvalue weighted by molar-refractivity contribution is 6.42. The van der Waals surface area contributed by atoms with Crippen LogP contribution in [0.15, 0.2) is 18.2 Å². The van der Waals surface area contributed by atoms with Gasteiger partial charge >= 0.3 is 18.0 Å². The molecule has 194 valence electrons. The molecule has 0 bridgehead atoms. The van der Waals surface area contributed by atoms with Gasteiger partial charge in [0.25, 0.3) is 0 Å². The third kappa shape index (κ3) is 5.22. The first-order chi connectivity index (χ1) is 16.3. The number of fused-ring (bicyclic) bond motifs is 1. The van der Waals surface area contributed by atoms with E-state index in [1.807, 2.05) is 0 Å². The van der Waals surface area contributed by atoms with E-state index in [4.69, 9.17) is 37.4 Å². The lowest BCUT2D eigenvalue weighted by atomic mass is 9.84. The van der Waals surface area contributed by atoms with Gasteiger partial charge in [0.05, 0.1) is 23.3 Å². The summed E-state index contributed by atoms with van der Waals surface area (Å²) in [6.45, 7) is 8.36. The average molecular weight is 533 g/mol. The molecule has 2 N–H and O–H groups in total. The van der Waals surface area contributed by atoms with Crippen LogP contribution in [0.1, 0.15) is 46.6 Å². The van der Waals surface area contributed by atoms with Crippen molar-refractivity contribution in [3.63, 3.8) is 0 Å². The molecule has 1 aromatic carbocycles. The molecule has 1 aromatic rings. The van der Waals surface area contributed by atoms with Crippen LogP contribution in [0.5, 0.6) is 0 Å². The average Bonchev–Trinajstić information content (AvgIpc) is 3.20. The van der Waals surface area contributed by atoms with E-state index in [0.29, 0.717) is 10.0 Å². The lowest BCUT2D eigenvalue weighted by Gasteiger charge is -2.38. The second-order valence-corrected chi connectivity index (χ2v) is 10.5. The predicted octanol–water partition coefficient (Wildman–Crippen LogP) is 4.20. The number of hydrogen-bond acceptors (Lipinski definition) is 7. The van der Waals surface area contributed by atoms with Crippen LogP contribution >= 0.6 is 23.2 Å². The lowest BCUT2D eigenvalue weighted by Crippen LogP contribution is -2.68. The van der Waals surface area contributed by atoms with Gasteiger partial charge in [-0.05, 0) is 58.7 Å². The summed E-state index contributed by atoms with van der Waals surface area (Å²) in [7, 11) is 0. The van der Waals surface area contributed by atoms with Crippen molar-refractivity contribution in [3.8, 4) is 0 Å². The van der Waals surface area contributed by atoms with Crippen LogP contribution in [-0.4, -0.2) is 54.1 Å². The fourth-order valence-electron chi connectivity index (χ4n) is 4.90. The molecule has 2 aliphatic carbocycles. The SMILES string of the molecule is CCOC(=O)[C@@]1(NC(=O)OC(C)(C)C)[C@H]2C(C[C@H]1NCc1ccc(Cl)c(Cl)c1)[C@]2(F)C(=O)OCC. The molecule has 35 heavy (non-hydrogen) atoms. The van der Waals surface area contributed by atoms with Crippen LogP contribution in [0, 0.1) is 11.8 Å². The molecule has 5 atom stereocenters. The molecule has 0 heterocycles. The smallest absolute Gasteiger partial charge is 0.408 e. The molecule has 0 spiro atoms. The number of hydrogen-bond donors (Lipinski definition) is 2. The molecule has 8 nitrogen and oxygen atoms in total. The van der Waals surface area contributed by atoms with Crippen molar-refractivity contribution in [1.82, 2.24) is 10.6 Å². The first-order valence-corrected chi connectivity index (χ1v) is 12.3. The van der Waals surface area contributed by atoms with Gasteiger partial charge in [-0.15, -0.1) is 0 Å². The van der Waals surface area contributed by atoms with Crippen LogP contribution in [0.3, 0.4) is 0 Å². The Hall–Kier alpha value is -2.10. The summed E-state index contributed by atoms with van der Waals surface area (Å²) in [4.78, 5) is 38.8. The van der Waals surface area contributed by atoms with Gasteiger partial charge in [0, 0.05) is 24.4 Å². The van der Waals surface area contributed by atoms with E-state index in [1.165, 1.54) is 0 Å². The van der Waals surface area contributed by atoms with E-state index in [9.17, 15) is 14.4 Å². The van der Waals surface area contributed by atoms with E-state index < -0.39 is 52.7 Å². The van der Waals surface area contributed by atoms with Crippen LogP contribution in [0.2, 0.25) is 10.0 Å². The molecule has 11 heteroatoms. The van der Waals surface area contributed by atoms with Crippen molar-refractivity contribution >= 4 is 41.2 Å². The Morgan fingerprint density at radius 1 is 1.09 bits per heavy atom. The third-order valence-corrected chi connectivity index (χ3v) is 7.00. The first kappa shape index (κ1) is 27.5. The Morgan fingerprint density at radius 2 is 1.71 bits per heavy atom. The number of nitrogens with one attached hydrogen (secondary N) is 2. The minimum absolute atomic E-state index is 0.00777. The maximum Gasteiger partial charge on any atom is 0.408 e. The summed E-state index contributed by atoms with van der Waals surface area (Å²) in [6, 6.07) is 4.29. The lowest BCUT2D eigenvalue weighted by molar-refractivity contribution is -0.158. The summed E-state index contributed by atoms with van der Waals surface area (Å²) < 4.78 is 31.6. The number of alkyl carbamates (subject to hydrolysis) is 1. The van der Waals surface area contributed by atoms with Crippen molar-refractivity contribution in [1.29, 1.82) is 0 Å². The van der Waals surface area contributed by atoms with Gasteiger partial charge < -0.3 is 24.8 Å². The molecule has 0 aromatic heterocycles. The van der Waals surface area contributed by atoms with E-state index >= 15 is 4.39 Å². The van der Waals surface area contributed by atoms with Gasteiger partial charge in [0.2, 0.25) is 5.67 Å². The zero-order chi connectivity index (χ0) is 26.2. The second kappa shape index (κ2) is 10.1. The van der Waals surface area contributed by atoms with Crippen molar-refractivity contribution in [2.45, 2.75) is 70.4 Å². The minimum Gasteiger partial charge on any atom is -0.464 e. The minimum atomic E-state index is -2.43. The van der Waals surface area contributed by atoms with Crippen molar-refractivity contribution in [2.75, 3.05) is 13.2 Å². The predicted molar refractivity (Wildman–Crippen MR) is 128 cm³/mol. The number of esters is 2. The zero-order valence-corrected chi connectivity index (χ0v) is 21.9. The van der Waals surface area contributed by atoms with Gasteiger partial charge in [-0.1, -0.05) is 29.3 Å². The van der Waals surface area contributed by atoms with E-state index in [-0.39, 0.29) is 26.2 Å². The summed E-state index contributed by atoms with van der Waals surface area (Å²) >= 11 is 12.1. The highest BCUT2D eigenvalue weighted by atomic mass is 35.5. The molecule has 1 unspecified atom stereocenters. The second-order valence-electron chi connectivity index (χ2n) is 9.71. The molecule has 2 aliphatic rings. The molecule has 0 saturated heterocycles. The van der Waals surface area contributed by atoms with Crippen molar-refractivity contribution < 1.29 is 33.0 Å². The molecule has 0 radical (unpaired) electrons. The molecular formula is C24H31Cl2FN2O6. The van der Waals surface area contributed by atoms with Gasteiger partial charge in [-0.25, -0.2) is 18.8 Å². The largest absolute Gasteiger partial charge is 0.464 e. The van der Waals surface area contributed by atoms with E-state index in [1.54, 1.807) is 52.8 Å². The van der Waals surface area contributed by atoms with Crippen LogP contribution < -0.4 is 10.6 Å². The molecular weight excluding hydrogens is 502 g/mol. The highest BCUT2D eigenvalue weighted by Crippen LogP contribution is 2.68. The summed E-state index contributed by atoms with van der Waals surface area (Å²) in [5.41, 5.74) is -4.45. The van der Waals surface area contributed by atoms with Gasteiger partial charge in [-0.2, -0.15) is 0 Å². The number of ether oxygens (including phenoxy) is 3. The number of carbonyl (C=O) groups is 3. The van der Waals surface area contributed by atoms with Crippen LogP contribution in [-0.2, 0) is 30.3 Å². The Morgan fingerprint density at radius 3 is 2.29 bits per heavy atom. The number of benzene rings is 1. The Labute approximate surface area is 214 Å². The number of rotatable bonds is 8. The van der Waals surface area contributed by atoms with Gasteiger partial charge in [0.15, 0.2) is 5.54 Å². The third-order valence-electron chi connectivity index (χ3n) is 6.26. The van der Waals surface area contributed by atoms with E-state index in [0.717, 1.165) is 5.56 Å². The Balaban J connectivity index is 1.97. The fraction of sp³-hybridized carbons (Fsp3) is 0.625. The number of amides is 1. The monoisotopic (exact) mass is 532 g/mol. The molecule has 2 saturated carbocycles. The summed E-state index contributed by atoms with van der Waals surface area (Å²) in [5.74, 6) is -3.95. The molecule has 1 amide bonds. The molecule has 2 fully saturated rings. The van der Waals surface area contributed by atoms with Gasteiger partial charge in [-0.3, -0.25) is 0 Å². The number of halogens is 3.